The normalized spacial score (nSPS) is 11.8. The molecule has 3 nitrogen and oxygen atoms in total. The van der Waals surface area contributed by atoms with Gasteiger partial charge >= 0.3 is 0 Å². The molecule has 17 heavy (non-hydrogen) atoms. The molecule has 0 bridgehead atoms. The van der Waals surface area contributed by atoms with Gasteiger partial charge in [-0.25, -0.2) is 0 Å². The minimum atomic E-state index is -0.701. The van der Waals surface area contributed by atoms with E-state index in [1.807, 2.05) is 31.3 Å². The molecule has 0 heterocycles. The Balaban J connectivity index is 2.78. The summed E-state index contributed by atoms with van der Waals surface area (Å²) in [5, 5.41) is 9.75. The highest BCUT2D eigenvalue weighted by atomic mass is 32.1. The molecule has 94 valence electrons. The molecule has 0 aromatic heterocycles. The summed E-state index contributed by atoms with van der Waals surface area (Å²) in [6.45, 7) is 4.90. The zero-order valence-corrected chi connectivity index (χ0v) is 11.4. The van der Waals surface area contributed by atoms with Crippen LogP contribution in [-0.4, -0.2) is 34.2 Å². The summed E-state index contributed by atoms with van der Waals surface area (Å²) in [6, 6.07) is 7.83. The Bertz CT molecular complexity index is 399. The van der Waals surface area contributed by atoms with Crippen molar-refractivity contribution in [1.82, 2.24) is 4.90 Å². The van der Waals surface area contributed by atoms with Gasteiger partial charge in [-0.15, -0.1) is 0 Å². The molecule has 0 aliphatic rings. The number of nitrogens with two attached hydrogens (primary N) is 1. The van der Waals surface area contributed by atoms with E-state index in [0.29, 0.717) is 11.5 Å². The summed E-state index contributed by atoms with van der Waals surface area (Å²) < 4.78 is 0. The number of nitrogens with zero attached hydrogens (tertiary/aromatic N) is 1. The first-order valence-electron chi connectivity index (χ1n) is 5.58. The molecule has 0 aliphatic carbocycles. The first-order valence-corrected chi connectivity index (χ1v) is 5.99. The fraction of sp³-hybridized carbons (Fsp3) is 0.462. The van der Waals surface area contributed by atoms with Gasteiger partial charge in [0.25, 0.3) is 0 Å². The maximum absolute atomic E-state index is 9.75. The number of hydrogen-bond donors (Lipinski definition) is 2. The van der Waals surface area contributed by atoms with Crippen molar-refractivity contribution in [3.63, 3.8) is 0 Å². The van der Waals surface area contributed by atoms with Crippen molar-refractivity contribution in [1.29, 1.82) is 0 Å². The smallest absolute Gasteiger partial charge is 0.104 e. The van der Waals surface area contributed by atoms with Gasteiger partial charge in [0.1, 0.15) is 4.99 Å². The van der Waals surface area contributed by atoms with E-state index in [0.717, 1.165) is 17.7 Å². The van der Waals surface area contributed by atoms with E-state index in [9.17, 15) is 5.11 Å². The molecular weight excluding hydrogens is 232 g/mol. The van der Waals surface area contributed by atoms with Crippen LogP contribution < -0.4 is 5.73 Å². The van der Waals surface area contributed by atoms with Gasteiger partial charge in [-0.3, -0.25) is 4.90 Å². The van der Waals surface area contributed by atoms with Gasteiger partial charge in [-0.05, 0) is 26.5 Å². The van der Waals surface area contributed by atoms with Crippen LogP contribution in [0.15, 0.2) is 24.3 Å². The minimum absolute atomic E-state index is 0.414. The van der Waals surface area contributed by atoms with Gasteiger partial charge in [-0.2, -0.15) is 0 Å². The SMILES string of the molecule is CN(Cc1ccccc1C(N)=S)CC(C)(C)O. The fourth-order valence-corrected chi connectivity index (χ4v) is 2.10. The molecule has 1 aromatic rings. The zero-order chi connectivity index (χ0) is 13.1. The number of thiocarbonyl (C=S) groups is 1. The lowest BCUT2D eigenvalue weighted by Crippen LogP contribution is -2.36. The van der Waals surface area contributed by atoms with Gasteiger partial charge in [0.2, 0.25) is 0 Å². The van der Waals surface area contributed by atoms with Crippen LogP contribution >= 0.6 is 12.2 Å². The van der Waals surface area contributed by atoms with Gasteiger partial charge in [0, 0.05) is 18.7 Å². The summed E-state index contributed by atoms with van der Waals surface area (Å²) in [7, 11) is 1.97. The Morgan fingerprint density at radius 1 is 1.41 bits per heavy atom. The molecule has 0 spiro atoms. The molecule has 0 fully saturated rings. The molecule has 0 radical (unpaired) electrons. The second-order valence-corrected chi connectivity index (χ2v) is 5.45. The predicted octanol–water partition coefficient (Wildman–Crippen LogP) is 1.52. The van der Waals surface area contributed by atoms with E-state index in [1.54, 1.807) is 13.8 Å². The van der Waals surface area contributed by atoms with Crippen molar-refractivity contribution in [2.75, 3.05) is 13.6 Å². The monoisotopic (exact) mass is 252 g/mol. The van der Waals surface area contributed by atoms with Crippen LogP contribution in [0.2, 0.25) is 0 Å². The highest BCUT2D eigenvalue weighted by molar-refractivity contribution is 7.80. The second-order valence-electron chi connectivity index (χ2n) is 5.01. The van der Waals surface area contributed by atoms with Gasteiger partial charge in [0.05, 0.1) is 5.60 Å². The minimum Gasteiger partial charge on any atom is -0.389 e. The largest absolute Gasteiger partial charge is 0.389 e. The van der Waals surface area contributed by atoms with Crippen LogP contribution in [0.1, 0.15) is 25.0 Å². The maximum atomic E-state index is 9.75. The van der Waals surface area contributed by atoms with Crippen molar-refractivity contribution < 1.29 is 5.11 Å². The summed E-state index contributed by atoms with van der Waals surface area (Å²) >= 11 is 5.02. The third kappa shape index (κ3) is 4.81. The van der Waals surface area contributed by atoms with Crippen LogP contribution in [-0.2, 0) is 6.54 Å². The van der Waals surface area contributed by atoms with Crippen molar-refractivity contribution in [3.8, 4) is 0 Å². The summed E-state index contributed by atoms with van der Waals surface area (Å²) in [5.41, 5.74) is 6.98. The van der Waals surface area contributed by atoms with Crippen molar-refractivity contribution in [3.05, 3.63) is 35.4 Å². The average molecular weight is 252 g/mol. The lowest BCUT2D eigenvalue weighted by molar-refractivity contribution is 0.0425. The quantitative estimate of drug-likeness (QED) is 0.780. The summed E-state index contributed by atoms with van der Waals surface area (Å²) in [5.74, 6) is 0. The molecule has 0 unspecified atom stereocenters. The van der Waals surface area contributed by atoms with Gasteiger partial charge < -0.3 is 10.8 Å². The zero-order valence-electron chi connectivity index (χ0n) is 10.6. The number of likely N-dealkylation sites (N-methyl/N-ethyl adjacent to an activating group) is 1. The van der Waals surface area contributed by atoms with E-state index in [4.69, 9.17) is 18.0 Å². The lowest BCUT2D eigenvalue weighted by atomic mass is 10.1. The van der Waals surface area contributed by atoms with Crippen LogP contribution in [0.25, 0.3) is 0 Å². The lowest BCUT2D eigenvalue weighted by Gasteiger charge is -2.26. The molecule has 0 amide bonds. The Kier molecular flexibility index (Phi) is 4.62. The molecule has 4 heteroatoms. The first-order chi connectivity index (χ1) is 7.79. The third-order valence-electron chi connectivity index (χ3n) is 2.38. The highest BCUT2D eigenvalue weighted by Gasteiger charge is 2.16. The van der Waals surface area contributed by atoms with Gasteiger partial charge in [-0.1, -0.05) is 36.5 Å². The predicted molar refractivity (Wildman–Crippen MR) is 75.0 cm³/mol. The van der Waals surface area contributed by atoms with Crippen molar-refractivity contribution in [2.45, 2.75) is 26.0 Å². The van der Waals surface area contributed by atoms with E-state index in [1.165, 1.54) is 0 Å². The van der Waals surface area contributed by atoms with E-state index >= 15 is 0 Å². The average Bonchev–Trinajstić information content (AvgIpc) is 2.14. The Labute approximate surface area is 108 Å². The molecule has 0 aliphatic heterocycles. The molecular formula is C13H20N2OS. The first kappa shape index (κ1) is 14.1. The Hall–Kier alpha value is -0.970. The molecule has 3 N–H and O–H groups in total. The van der Waals surface area contributed by atoms with Gasteiger partial charge in [0.15, 0.2) is 0 Å². The molecule has 0 atom stereocenters. The second kappa shape index (κ2) is 5.58. The Morgan fingerprint density at radius 3 is 2.53 bits per heavy atom. The third-order valence-corrected chi connectivity index (χ3v) is 2.60. The number of rotatable bonds is 5. The molecule has 1 rings (SSSR count). The summed E-state index contributed by atoms with van der Waals surface area (Å²) in [4.78, 5) is 2.47. The molecule has 0 saturated carbocycles. The molecule has 0 saturated heterocycles. The van der Waals surface area contributed by atoms with Crippen molar-refractivity contribution >= 4 is 17.2 Å². The van der Waals surface area contributed by atoms with Crippen LogP contribution in [0.4, 0.5) is 0 Å². The summed E-state index contributed by atoms with van der Waals surface area (Å²) in [6.07, 6.45) is 0. The standard InChI is InChI=1S/C13H20N2OS/c1-13(2,16)9-15(3)8-10-6-4-5-7-11(10)12(14)17/h4-7,16H,8-9H2,1-3H3,(H2,14,17). The van der Waals surface area contributed by atoms with Crippen LogP contribution in [0, 0.1) is 0 Å². The fourth-order valence-electron chi connectivity index (χ4n) is 1.91. The Morgan fingerprint density at radius 2 is 2.00 bits per heavy atom. The van der Waals surface area contributed by atoms with Crippen LogP contribution in [0.3, 0.4) is 0 Å². The topological polar surface area (TPSA) is 49.5 Å². The van der Waals surface area contributed by atoms with Crippen LogP contribution in [0.5, 0.6) is 0 Å². The molecule has 1 aromatic carbocycles. The van der Waals surface area contributed by atoms with E-state index in [2.05, 4.69) is 4.90 Å². The van der Waals surface area contributed by atoms with E-state index in [-0.39, 0.29) is 0 Å². The number of aliphatic hydroxyl groups is 1. The van der Waals surface area contributed by atoms with Crippen molar-refractivity contribution in [2.24, 2.45) is 5.73 Å². The van der Waals surface area contributed by atoms with E-state index < -0.39 is 5.60 Å². The number of benzene rings is 1. The number of hydrogen-bond acceptors (Lipinski definition) is 3. The maximum Gasteiger partial charge on any atom is 0.104 e. The highest BCUT2D eigenvalue weighted by Crippen LogP contribution is 2.13.